The quantitative estimate of drug-likeness (QED) is 0.646. The molecule has 2 aliphatic rings. The Labute approximate surface area is 98.2 Å². The van der Waals surface area contributed by atoms with Crippen LogP contribution >= 0.6 is 0 Å². The van der Waals surface area contributed by atoms with E-state index < -0.39 is 0 Å². The SMILES string of the molecule is C1=C2Cc3ccc4ccccc4c3N=C2N=N1. The van der Waals surface area contributed by atoms with Gasteiger partial charge in [0.2, 0.25) is 0 Å². The molecule has 2 aromatic rings. The van der Waals surface area contributed by atoms with Gasteiger partial charge in [-0.25, -0.2) is 4.99 Å². The molecule has 2 heterocycles. The van der Waals surface area contributed by atoms with E-state index in [1.165, 1.54) is 16.3 Å². The monoisotopic (exact) mass is 219 g/mol. The molecule has 0 bridgehead atoms. The zero-order valence-electron chi connectivity index (χ0n) is 9.09. The Morgan fingerprint density at radius 3 is 2.94 bits per heavy atom. The first-order chi connectivity index (χ1) is 8.42. The summed E-state index contributed by atoms with van der Waals surface area (Å²) in [6.07, 6.45) is 2.68. The van der Waals surface area contributed by atoms with Gasteiger partial charge in [-0.15, -0.1) is 5.11 Å². The maximum absolute atomic E-state index is 4.62. The Balaban J connectivity index is 2.08. The van der Waals surface area contributed by atoms with E-state index in [-0.39, 0.29) is 0 Å². The third-order valence-electron chi connectivity index (χ3n) is 3.24. The van der Waals surface area contributed by atoms with Gasteiger partial charge < -0.3 is 0 Å². The van der Waals surface area contributed by atoms with Crippen molar-refractivity contribution in [1.82, 2.24) is 0 Å². The Morgan fingerprint density at radius 1 is 1.00 bits per heavy atom. The van der Waals surface area contributed by atoms with Crippen molar-refractivity contribution in [3.63, 3.8) is 0 Å². The summed E-state index contributed by atoms with van der Waals surface area (Å²) in [5, 5.41) is 10.4. The Bertz CT molecular complexity index is 723. The molecule has 2 aliphatic heterocycles. The van der Waals surface area contributed by atoms with E-state index in [0.717, 1.165) is 23.5 Å². The maximum atomic E-state index is 4.62. The molecule has 0 atom stereocenters. The van der Waals surface area contributed by atoms with Crippen LogP contribution < -0.4 is 0 Å². The highest BCUT2D eigenvalue weighted by Crippen LogP contribution is 2.36. The predicted octanol–water partition coefficient (Wildman–Crippen LogP) is 3.78. The smallest absolute Gasteiger partial charge is 0.180 e. The van der Waals surface area contributed by atoms with Crippen LogP contribution in [0.2, 0.25) is 0 Å². The number of hydrogen-bond acceptors (Lipinski definition) is 3. The molecule has 80 valence electrons. The Kier molecular flexibility index (Phi) is 1.61. The Morgan fingerprint density at radius 2 is 1.94 bits per heavy atom. The van der Waals surface area contributed by atoms with Gasteiger partial charge in [0.05, 0.1) is 11.9 Å². The molecule has 0 unspecified atom stereocenters. The van der Waals surface area contributed by atoms with Crippen LogP contribution in [0.25, 0.3) is 10.8 Å². The van der Waals surface area contributed by atoms with E-state index in [1.807, 2.05) is 12.1 Å². The molecular formula is C14H9N3. The molecule has 0 N–H and O–H groups in total. The molecule has 0 radical (unpaired) electrons. The van der Waals surface area contributed by atoms with E-state index in [4.69, 9.17) is 0 Å². The zero-order valence-corrected chi connectivity index (χ0v) is 9.09. The summed E-state index contributed by atoms with van der Waals surface area (Å²) < 4.78 is 0. The van der Waals surface area contributed by atoms with Crippen molar-refractivity contribution in [3.05, 3.63) is 53.7 Å². The largest absolute Gasteiger partial charge is 0.226 e. The fourth-order valence-electron chi connectivity index (χ4n) is 2.38. The molecule has 2 aromatic carbocycles. The standard InChI is InChI=1S/C14H9N3/c1-2-4-12-9(3-1)5-6-10-7-11-8-15-17-14(11)16-13(10)12/h1-6,8H,7H2. The molecule has 0 fully saturated rings. The van der Waals surface area contributed by atoms with Gasteiger partial charge in [-0.05, 0) is 10.9 Å². The number of amidine groups is 1. The second-order valence-corrected chi connectivity index (χ2v) is 4.28. The number of nitrogens with zero attached hydrogens (tertiary/aromatic N) is 3. The number of aliphatic imine (C=N–C) groups is 1. The highest BCUT2D eigenvalue weighted by atomic mass is 15.2. The summed E-state index contributed by atoms with van der Waals surface area (Å²) in [5.41, 5.74) is 3.43. The molecule has 3 nitrogen and oxygen atoms in total. The van der Waals surface area contributed by atoms with Crippen LogP contribution in [-0.4, -0.2) is 5.84 Å². The Hall–Kier alpha value is -2.29. The minimum Gasteiger partial charge on any atom is -0.226 e. The summed E-state index contributed by atoms with van der Waals surface area (Å²) in [7, 11) is 0. The summed E-state index contributed by atoms with van der Waals surface area (Å²) in [4.78, 5) is 4.62. The van der Waals surface area contributed by atoms with Crippen molar-refractivity contribution >= 4 is 22.3 Å². The van der Waals surface area contributed by atoms with E-state index in [2.05, 4.69) is 39.5 Å². The van der Waals surface area contributed by atoms with Crippen LogP contribution in [0, 0.1) is 0 Å². The average Bonchev–Trinajstić information content (AvgIpc) is 2.83. The number of rotatable bonds is 0. The second kappa shape index (κ2) is 3.10. The average molecular weight is 219 g/mol. The van der Waals surface area contributed by atoms with Crippen molar-refractivity contribution in [1.29, 1.82) is 0 Å². The number of benzene rings is 2. The summed E-state index contributed by atoms with van der Waals surface area (Å²) >= 11 is 0. The van der Waals surface area contributed by atoms with Crippen molar-refractivity contribution in [2.75, 3.05) is 0 Å². The first kappa shape index (κ1) is 8.82. The third-order valence-corrected chi connectivity index (χ3v) is 3.24. The van der Waals surface area contributed by atoms with Crippen LogP contribution in [0.4, 0.5) is 5.69 Å². The molecule has 4 rings (SSSR count). The van der Waals surface area contributed by atoms with E-state index in [9.17, 15) is 0 Å². The highest BCUT2D eigenvalue weighted by molar-refractivity contribution is 6.07. The van der Waals surface area contributed by atoms with Crippen molar-refractivity contribution in [3.8, 4) is 0 Å². The molecule has 0 spiro atoms. The maximum Gasteiger partial charge on any atom is 0.180 e. The lowest BCUT2D eigenvalue weighted by Crippen LogP contribution is -2.05. The van der Waals surface area contributed by atoms with Gasteiger partial charge in [0.1, 0.15) is 0 Å². The number of azo groups is 1. The first-order valence-electron chi connectivity index (χ1n) is 5.61. The highest BCUT2D eigenvalue weighted by Gasteiger charge is 2.20. The number of fused-ring (bicyclic) bond motifs is 4. The lowest BCUT2D eigenvalue weighted by atomic mass is 9.96. The molecule has 0 saturated heterocycles. The third kappa shape index (κ3) is 1.19. The minimum atomic E-state index is 0.772. The number of hydrogen-bond donors (Lipinski definition) is 0. The van der Waals surface area contributed by atoms with Gasteiger partial charge in [-0.2, -0.15) is 5.11 Å². The summed E-state index contributed by atoms with van der Waals surface area (Å²) in [5.74, 6) is 0.772. The van der Waals surface area contributed by atoms with Crippen LogP contribution in [0.15, 0.2) is 63.4 Å². The minimum absolute atomic E-state index is 0.772. The summed E-state index contributed by atoms with van der Waals surface area (Å²) in [6.45, 7) is 0. The van der Waals surface area contributed by atoms with Gasteiger partial charge in [-0.1, -0.05) is 36.4 Å². The van der Waals surface area contributed by atoms with Crippen molar-refractivity contribution in [2.24, 2.45) is 15.2 Å². The molecule has 17 heavy (non-hydrogen) atoms. The molecule has 0 aromatic heterocycles. The summed E-state index contributed by atoms with van der Waals surface area (Å²) in [6, 6.07) is 12.6. The fourth-order valence-corrected chi connectivity index (χ4v) is 2.38. The van der Waals surface area contributed by atoms with Crippen LogP contribution in [0.3, 0.4) is 0 Å². The van der Waals surface area contributed by atoms with Crippen molar-refractivity contribution < 1.29 is 0 Å². The topological polar surface area (TPSA) is 37.1 Å². The van der Waals surface area contributed by atoms with Crippen LogP contribution in [0.1, 0.15) is 5.56 Å². The predicted molar refractivity (Wildman–Crippen MR) is 67.7 cm³/mol. The van der Waals surface area contributed by atoms with E-state index in [1.54, 1.807) is 6.20 Å². The van der Waals surface area contributed by atoms with E-state index >= 15 is 0 Å². The van der Waals surface area contributed by atoms with Crippen LogP contribution in [-0.2, 0) is 6.42 Å². The van der Waals surface area contributed by atoms with Gasteiger partial charge in [0.15, 0.2) is 5.84 Å². The normalized spacial score (nSPS) is 16.5. The van der Waals surface area contributed by atoms with Gasteiger partial charge in [0.25, 0.3) is 0 Å². The van der Waals surface area contributed by atoms with Gasteiger partial charge in [0, 0.05) is 17.4 Å². The fraction of sp³-hybridized carbons (Fsp3) is 0.0714. The molecular weight excluding hydrogens is 210 g/mol. The van der Waals surface area contributed by atoms with Crippen LogP contribution in [0.5, 0.6) is 0 Å². The van der Waals surface area contributed by atoms with Gasteiger partial charge in [-0.3, -0.25) is 0 Å². The second-order valence-electron chi connectivity index (χ2n) is 4.28. The lowest BCUT2D eigenvalue weighted by Gasteiger charge is -2.14. The zero-order chi connectivity index (χ0) is 11.2. The molecule has 0 aliphatic carbocycles. The molecule has 0 amide bonds. The van der Waals surface area contributed by atoms with E-state index in [0.29, 0.717) is 0 Å². The molecule has 3 heteroatoms. The lowest BCUT2D eigenvalue weighted by molar-refractivity contribution is 1.18. The van der Waals surface area contributed by atoms with Gasteiger partial charge >= 0.3 is 0 Å². The first-order valence-corrected chi connectivity index (χ1v) is 5.61. The van der Waals surface area contributed by atoms with Crippen molar-refractivity contribution in [2.45, 2.75) is 6.42 Å². The molecule has 0 saturated carbocycles.